The van der Waals surface area contributed by atoms with E-state index in [0.29, 0.717) is 23.1 Å². The number of hydrogen-bond donors (Lipinski definition) is 1. The molecule has 0 fully saturated rings. The zero-order chi connectivity index (χ0) is 12.4. The SMILES string of the molecule is COc1ccc(OC)c(-c2cc(N)no2)c1Br. The van der Waals surface area contributed by atoms with Gasteiger partial charge in [0.1, 0.15) is 11.5 Å². The molecule has 0 aliphatic heterocycles. The van der Waals surface area contributed by atoms with Crippen LogP contribution in [0.4, 0.5) is 5.82 Å². The van der Waals surface area contributed by atoms with Gasteiger partial charge in [-0.15, -0.1) is 0 Å². The fraction of sp³-hybridized carbons (Fsp3) is 0.182. The van der Waals surface area contributed by atoms with Crippen molar-refractivity contribution in [3.63, 3.8) is 0 Å². The van der Waals surface area contributed by atoms with Crippen molar-refractivity contribution in [1.82, 2.24) is 5.16 Å². The summed E-state index contributed by atoms with van der Waals surface area (Å²) in [5.74, 6) is 2.16. The molecule has 17 heavy (non-hydrogen) atoms. The molecule has 0 aliphatic carbocycles. The van der Waals surface area contributed by atoms with Gasteiger partial charge < -0.3 is 19.7 Å². The van der Waals surface area contributed by atoms with Crippen LogP contribution < -0.4 is 15.2 Å². The average Bonchev–Trinajstić information content (AvgIpc) is 2.75. The average molecular weight is 299 g/mol. The highest BCUT2D eigenvalue weighted by Gasteiger charge is 2.18. The number of nitrogens with two attached hydrogens (primary N) is 1. The lowest BCUT2D eigenvalue weighted by atomic mass is 10.1. The van der Waals surface area contributed by atoms with Crippen molar-refractivity contribution in [3.8, 4) is 22.8 Å². The summed E-state index contributed by atoms with van der Waals surface area (Å²) in [4.78, 5) is 0. The number of nitrogen functional groups attached to an aromatic ring is 1. The number of nitrogens with zero attached hydrogens (tertiary/aromatic N) is 1. The number of ether oxygens (including phenoxy) is 2. The highest BCUT2D eigenvalue weighted by Crippen LogP contribution is 2.42. The van der Waals surface area contributed by atoms with Gasteiger partial charge in [0.25, 0.3) is 0 Å². The van der Waals surface area contributed by atoms with E-state index in [-0.39, 0.29) is 0 Å². The van der Waals surface area contributed by atoms with E-state index >= 15 is 0 Å². The van der Waals surface area contributed by atoms with Crippen molar-refractivity contribution in [2.45, 2.75) is 0 Å². The summed E-state index contributed by atoms with van der Waals surface area (Å²) in [5, 5.41) is 3.65. The maximum absolute atomic E-state index is 5.54. The van der Waals surface area contributed by atoms with Crippen molar-refractivity contribution < 1.29 is 14.0 Å². The lowest BCUT2D eigenvalue weighted by molar-refractivity contribution is 0.396. The van der Waals surface area contributed by atoms with Crippen LogP contribution >= 0.6 is 15.9 Å². The van der Waals surface area contributed by atoms with Gasteiger partial charge in [0.2, 0.25) is 0 Å². The molecule has 0 saturated carbocycles. The van der Waals surface area contributed by atoms with Gasteiger partial charge in [-0.3, -0.25) is 0 Å². The fourth-order valence-electron chi connectivity index (χ4n) is 1.50. The molecular formula is C11H11BrN2O3. The molecule has 90 valence electrons. The van der Waals surface area contributed by atoms with Crippen molar-refractivity contribution in [2.75, 3.05) is 20.0 Å². The molecule has 0 atom stereocenters. The number of halogens is 1. The lowest BCUT2D eigenvalue weighted by Crippen LogP contribution is -1.92. The van der Waals surface area contributed by atoms with E-state index in [4.69, 9.17) is 19.7 Å². The van der Waals surface area contributed by atoms with Gasteiger partial charge in [0.05, 0.1) is 24.3 Å². The predicted molar refractivity (Wildman–Crippen MR) is 67.2 cm³/mol. The third-order valence-electron chi connectivity index (χ3n) is 2.28. The second kappa shape index (κ2) is 4.67. The largest absolute Gasteiger partial charge is 0.496 e. The van der Waals surface area contributed by atoms with E-state index in [0.717, 1.165) is 10.0 Å². The molecule has 6 heteroatoms. The minimum Gasteiger partial charge on any atom is -0.496 e. The zero-order valence-corrected chi connectivity index (χ0v) is 10.9. The Hall–Kier alpha value is -1.69. The molecule has 1 aromatic heterocycles. The summed E-state index contributed by atoms with van der Waals surface area (Å²) in [6.07, 6.45) is 0. The van der Waals surface area contributed by atoms with Crippen molar-refractivity contribution in [2.24, 2.45) is 0 Å². The Morgan fingerprint density at radius 1 is 1.24 bits per heavy atom. The van der Waals surface area contributed by atoms with E-state index in [2.05, 4.69) is 21.1 Å². The molecule has 5 nitrogen and oxygen atoms in total. The second-order valence-corrected chi connectivity index (χ2v) is 4.07. The molecule has 0 saturated heterocycles. The Labute approximate surface area is 107 Å². The van der Waals surface area contributed by atoms with Gasteiger partial charge in [-0.1, -0.05) is 5.16 Å². The lowest BCUT2D eigenvalue weighted by Gasteiger charge is -2.11. The summed E-state index contributed by atoms with van der Waals surface area (Å²) < 4.78 is 16.4. The van der Waals surface area contributed by atoms with Crippen LogP contribution in [-0.2, 0) is 0 Å². The minimum atomic E-state index is 0.316. The monoisotopic (exact) mass is 298 g/mol. The topological polar surface area (TPSA) is 70.5 Å². The summed E-state index contributed by atoms with van der Waals surface area (Å²) in [7, 11) is 3.17. The van der Waals surface area contributed by atoms with Crippen LogP contribution in [0.15, 0.2) is 27.2 Å². The van der Waals surface area contributed by atoms with Crippen LogP contribution in [0.25, 0.3) is 11.3 Å². The summed E-state index contributed by atoms with van der Waals surface area (Å²) >= 11 is 3.45. The molecule has 1 aromatic carbocycles. The van der Waals surface area contributed by atoms with Gasteiger partial charge in [0.15, 0.2) is 11.6 Å². The van der Waals surface area contributed by atoms with Crippen LogP contribution in [0.3, 0.4) is 0 Å². The standard InChI is InChI=1S/C11H11BrN2O3/c1-15-6-3-4-7(16-2)11(12)10(6)8-5-9(13)14-17-8/h3-5H,1-2H3,(H2,13,14). The first-order valence-electron chi connectivity index (χ1n) is 4.80. The normalized spacial score (nSPS) is 10.3. The van der Waals surface area contributed by atoms with Gasteiger partial charge >= 0.3 is 0 Å². The second-order valence-electron chi connectivity index (χ2n) is 3.28. The number of aromatic nitrogens is 1. The predicted octanol–water partition coefficient (Wildman–Crippen LogP) is 2.70. The first kappa shape index (κ1) is 11.8. The number of anilines is 1. The molecule has 0 radical (unpaired) electrons. The quantitative estimate of drug-likeness (QED) is 0.943. The van der Waals surface area contributed by atoms with E-state index in [9.17, 15) is 0 Å². The van der Waals surface area contributed by atoms with Gasteiger partial charge in [-0.2, -0.15) is 0 Å². The third kappa shape index (κ3) is 2.08. The van der Waals surface area contributed by atoms with Crippen LogP contribution in [0, 0.1) is 0 Å². The Bertz CT molecular complexity index is 540. The van der Waals surface area contributed by atoms with Gasteiger partial charge in [-0.05, 0) is 28.1 Å². The van der Waals surface area contributed by atoms with Crippen LogP contribution in [0.1, 0.15) is 0 Å². The molecule has 0 unspecified atom stereocenters. The maximum atomic E-state index is 5.54. The Kier molecular flexibility index (Phi) is 3.23. The summed E-state index contributed by atoms with van der Waals surface area (Å²) in [5.41, 5.74) is 6.25. The first-order chi connectivity index (χ1) is 8.17. The molecule has 0 bridgehead atoms. The molecule has 1 heterocycles. The number of rotatable bonds is 3. The summed E-state index contributed by atoms with van der Waals surface area (Å²) in [6, 6.07) is 5.21. The Morgan fingerprint density at radius 3 is 2.41 bits per heavy atom. The highest BCUT2D eigenvalue weighted by molar-refractivity contribution is 9.10. The van der Waals surface area contributed by atoms with E-state index in [1.54, 1.807) is 32.4 Å². The van der Waals surface area contributed by atoms with E-state index < -0.39 is 0 Å². The number of hydrogen-bond acceptors (Lipinski definition) is 5. The molecular weight excluding hydrogens is 288 g/mol. The minimum absolute atomic E-state index is 0.316. The van der Waals surface area contributed by atoms with E-state index in [1.165, 1.54) is 0 Å². The molecule has 0 aliphatic rings. The van der Waals surface area contributed by atoms with E-state index in [1.807, 2.05) is 0 Å². The fourth-order valence-corrected chi connectivity index (χ4v) is 2.19. The van der Waals surface area contributed by atoms with Gasteiger partial charge in [0, 0.05) is 6.07 Å². The molecule has 2 aromatic rings. The number of benzene rings is 1. The Balaban J connectivity index is 2.64. The maximum Gasteiger partial charge on any atom is 0.174 e. The smallest absolute Gasteiger partial charge is 0.174 e. The molecule has 0 spiro atoms. The van der Waals surface area contributed by atoms with Gasteiger partial charge in [-0.25, -0.2) is 0 Å². The number of methoxy groups -OCH3 is 2. The Morgan fingerprint density at radius 2 is 1.88 bits per heavy atom. The van der Waals surface area contributed by atoms with Crippen molar-refractivity contribution in [1.29, 1.82) is 0 Å². The van der Waals surface area contributed by atoms with Crippen LogP contribution in [0.5, 0.6) is 11.5 Å². The van der Waals surface area contributed by atoms with Crippen molar-refractivity contribution in [3.05, 3.63) is 22.7 Å². The van der Waals surface area contributed by atoms with Crippen molar-refractivity contribution >= 4 is 21.7 Å². The third-order valence-corrected chi connectivity index (χ3v) is 3.07. The van der Waals surface area contributed by atoms with Crippen LogP contribution in [0.2, 0.25) is 0 Å². The zero-order valence-electron chi connectivity index (χ0n) is 9.36. The molecule has 2 rings (SSSR count). The summed E-state index contributed by atoms with van der Waals surface area (Å²) in [6.45, 7) is 0. The first-order valence-corrected chi connectivity index (χ1v) is 5.59. The molecule has 0 amide bonds. The molecule has 2 N–H and O–H groups in total. The highest BCUT2D eigenvalue weighted by atomic mass is 79.9. The van der Waals surface area contributed by atoms with Crippen LogP contribution in [-0.4, -0.2) is 19.4 Å².